The summed E-state index contributed by atoms with van der Waals surface area (Å²) in [4.78, 5) is 50.5. The molecule has 1 aliphatic heterocycles. The van der Waals surface area contributed by atoms with Gasteiger partial charge in [-0.05, 0) is 93.5 Å². The van der Waals surface area contributed by atoms with Crippen molar-refractivity contribution in [2.75, 3.05) is 4.90 Å². The van der Waals surface area contributed by atoms with Crippen molar-refractivity contribution in [1.82, 2.24) is 5.32 Å². The van der Waals surface area contributed by atoms with Crippen LogP contribution >= 0.6 is 15.9 Å². The van der Waals surface area contributed by atoms with Gasteiger partial charge in [0.1, 0.15) is 17.9 Å². The van der Waals surface area contributed by atoms with Crippen LogP contribution in [0.4, 0.5) is 10.5 Å². The number of anilines is 1. The largest absolute Gasteiger partial charge is 0.487 e. The van der Waals surface area contributed by atoms with E-state index < -0.39 is 23.8 Å². The summed E-state index contributed by atoms with van der Waals surface area (Å²) in [7, 11) is 0. The number of imide groups is 2. The summed E-state index contributed by atoms with van der Waals surface area (Å²) in [6.07, 6.45) is 4.38. The molecule has 39 heavy (non-hydrogen) atoms. The normalized spacial score (nSPS) is 14.4. The van der Waals surface area contributed by atoms with Crippen LogP contribution in [0.15, 0.2) is 83.4 Å². The highest BCUT2D eigenvalue weighted by Crippen LogP contribution is 2.33. The molecule has 0 unspecified atom stereocenters. The second-order valence-corrected chi connectivity index (χ2v) is 9.61. The Kier molecular flexibility index (Phi) is 8.41. The molecule has 0 atom stereocenters. The summed E-state index contributed by atoms with van der Waals surface area (Å²) in [6.45, 7) is 5.99. The predicted octanol–water partition coefficient (Wildman–Crippen LogP) is 5.68. The van der Waals surface area contributed by atoms with E-state index in [4.69, 9.17) is 9.84 Å². The molecule has 0 bridgehead atoms. The number of nitrogens with zero attached hydrogens (tertiary/aromatic N) is 1. The molecule has 0 aromatic heterocycles. The van der Waals surface area contributed by atoms with Crippen LogP contribution in [0, 0.1) is 0 Å². The highest BCUT2D eigenvalue weighted by atomic mass is 79.9. The van der Waals surface area contributed by atoms with Gasteiger partial charge in [-0.2, -0.15) is 0 Å². The molecule has 9 heteroatoms. The van der Waals surface area contributed by atoms with E-state index >= 15 is 0 Å². The van der Waals surface area contributed by atoms with Gasteiger partial charge in [0.15, 0.2) is 0 Å². The van der Waals surface area contributed by atoms with E-state index in [1.54, 1.807) is 42.5 Å². The van der Waals surface area contributed by atoms with E-state index in [2.05, 4.69) is 27.8 Å². The van der Waals surface area contributed by atoms with Crippen molar-refractivity contribution < 1.29 is 29.0 Å². The average Bonchev–Trinajstić information content (AvgIpc) is 2.91. The molecule has 198 valence electrons. The number of allylic oxidation sites excluding steroid dienone is 1. The number of carboxylic acids is 1. The molecule has 3 aromatic rings. The van der Waals surface area contributed by atoms with Gasteiger partial charge in [0, 0.05) is 0 Å². The van der Waals surface area contributed by atoms with Gasteiger partial charge in [0.05, 0.1) is 15.7 Å². The van der Waals surface area contributed by atoms with Crippen LogP contribution in [-0.4, -0.2) is 28.9 Å². The lowest BCUT2D eigenvalue weighted by Crippen LogP contribution is -2.54. The summed E-state index contributed by atoms with van der Waals surface area (Å²) in [6, 6.07) is 16.1. The van der Waals surface area contributed by atoms with Gasteiger partial charge < -0.3 is 9.84 Å². The Labute approximate surface area is 233 Å². The fourth-order valence-corrected chi connectivity index (χ4v) is 4.70. The number of benzene rings is 3. The molecule has 2 N–H and O–H groups in total. The zero-order valence-electron chi connectivity index (χ0n) is 21.1. The molecular formula is C30H25BrN2O6. The summed E-state index contributed by atoms with van der Waals surface area (Å²) in [5.74, 6) is -1.96. The van der Waals surface area contributed by atoms with Crippen molar-refractivity contribution in [2.45, 2.75) is 26.4 Å². The minimum absolute atomic E-state index is 0.183. The third-order valence-corrected chi connectivity index (χ3v) is 6.70. The molecule has 1 heterocycles. The van der Waals surface area contributed by atoms with Gasteiger partial charge in [-0.15, -0.1) is 6.58 Å². The number of urea groups is 1. The molecule has 0 spiro atoms. The van der Waals surface area contributed by atoms with Gasteiger partial charge in [0.2, 0.25) is 0 Å². The Balaban J connectivity index is 1.62. The first kappa shape index (κ1) is 27.5. The second-order valence-electron chi connectivity index (χ2n) is 8.75. The van der Waals surface area contributed by atoms with Crippen LogP contribution in [-0.2, 0) is 29.0 Å². The van der Waals surface area contributed by atoms with E-state index in [9.17, 15) is 19.2 Å². The van der Waals surface area contributed by atoms with Gasteiger partial charge in [-0.1, -0.05) is 37.3 Å². The molecule has 4 rings (SSSR count). The van der Waals surface area contributed by atoms with Crippen LogP contribution in [0.25, 0.3) is 6.08 Å². The maximum absolute atomic E-state index is 13.3. The fraction of sp³-hybridized carbons (Fsp3) is 0.133. The first-order valence-corrected chi connectivity index (χ1v) is 12.9. The Morgan fingerprint density at radius 1 is 1.05 bits per heavy atom. The lowest BCUT2D eigenvalue weighted by molar-refractivity contribution is -0.122. The molecule has 8 nitrogen and oxygen atoms in total. The second kappa shape index (κ2) is 11.9. The molecule has 0 saturated carbocycles. The number of hydrogen-bond donors (Lipinski definition) is 2. The number of aryl methyl sites for hydroxylation is 1. The van der Waals surface area contributed by atoms with Crippen LogP contribution in [0.5, 0.6) is 5.75 Å². The van der Waals surface area contributed by atoms with Crippen LogP contribution in [0.2, 0.25) is 0 Å². The molecule has 1 saturated heterocycles. The number of halogens is 1. The topological polar surface area (TPSA) is 113 Å². The lowest BCUT2D eigenvalue weighted by Gasteiger charge is -2.26. The van der Waals surface area contributed by atoms with E-state index in [0.717, 1.165) is 28.0 Å². The number of rotatable bonds is 9. The number of nitrogens with one attached hydrogen (secondary N) is 1. The SMILES string of the molecule is C=CCc1cc(/C=C2/C(=O)NC(=O)N(c3ccc(CC)cc3)C2=O)cc(Br)c1OCc1ccc(C(=O)O)cc1. The number of aromatic carboxylic acids is 1. The summed E-state index contributed by atoms with van der Waals surface area (Å²) in [5.41, 5.74) is 3.49. The standard InChI is InChI=1S/C30H25BrN2O6/c1-3-5-22-14-20(16-25(31)26(22)39-17-19-6-10-21(11-7-19)29(36)37)15-24-27(34)32-30(38)33(28(24)35)23-12-8-18(4-2)9-13-23/h3,6-16H,1,4-5,17H2,2H3,(H,36,37)(H,32,34,38)/b24-15-. The molecule has 0 aliphatic carbocycles. The van der Waals surface area contributed by atoms with Crippen molar-refractivity contribution >= 4 is 51.5 Å². The van der Waals surface area contributed by atoms with Crippen molar-refractivity contribution in [3.63, 3.8) is 0 Å². The minimum Gasteiger partial charge on any atom is -0.487 e. The number of ether oxygens (including phenoxy) is 1. The Morgan fingerprint density at radius 3 is 2.33 bits per heavy atom. The van der Waals surface area contributed by atoms with E-state index in [-0.39, 0.29) is 17.7 Å². The first-order valence-electron chi connectivity index (χ1n) is 12.1. The van der Waals surface area contributed by atoms with Gasteiger partial charge in [-0.3, -0.25) is 14.9 Å². The van der Waals surface area contributed by atoms with E-state index in [1.807, 2.05) is 19.1 Å². The smallest absolute Gasteiger partial charge is 0.335 e. The summed E-state index contributed by atoms with van der Waals surface area (Å²) in [5, 5.41) is 11.3. The Morgan fingerprint density at radius 2 is 1.72 bits per heavy atom. The number of amides is 4. The summed E-state index contributed by atoms with van der Waals surface area (Å²) >= 11 is 3.52. The average molecular weight is 589 g/mol. The lowest BCUT2D eigenvalue weighted by atomic mass is 10.0. The molecule has 3 aromatic carbocycles. The minimum atomic E-state index is -1.00. The number of carbonyl (C=O) groups is 4. The number of hydrogen-bond acceptors (Lipinski definition) is 5. The van der Waals surface area contributed by atoms with Crippen molar-refractivity contribution in [3.05, 3.63) is 111 Å². The van der Waals surface area contributed by atoms with Crippen molar-refractivity contribution in [2.24, 2.45) is 0 Å². The monoisotopic (exact) mass is 588 g/mol. The number of barbiturate groups is 1. The fourth-order valence-electron chi connectivity index (χ4n) is 4.06. The summed E-state index contributed by atoms with van der Waals surface area (Å²) < 4.78 is 6.63. The van der Waals surface area contributed by atoms with Gasteiger partial charge >= 0.3 is 12.0 Å². The van der Waals surface area contributed by atoms with E-state index in [1.165, 1.54) is 18.2 Å². The first-order chi connectivity index (χ1) is 18.7. The highest BCUT2D eigenvalue weighted by molar-refractivity contribution is 9.10. The quantitative estimate of drug-likeness (QED) is 0.189. The van der Waals surface area contributed by atoms with Gasteiger partial charge in [-0.25, -0.2) is 14.5 Å². The highest BCUT2D eigenvalue weighted by Gasteiger charge is 2.36. The maximum atomic E-state index is 13.3. The maximum Gasteiger partial charge on any atom is 0.335 e. The van der Waals surface area contributed by atoms with Crippen LogP contribution in [0.1, 0.15) is 39.5 Å². The third kappa shape index (κ3) is 6.15. The number of carboxylic acid groups (broad SMARTS) is 1. The predicted molar refractivity (Wildman–Crippen MR) is 151 cm³/mol. The van der Waals surface area contributed by atoms with Crippen molar-refractivity contribution in [1.29, 1.82) is 0 Å². The number of carbonyl (C=O) groups excluding carboxylic acids is 3. The molecule has 1 fully saturated rings. The molecule has 0 radical (unpaired) electrons. The molecule has 4 amide bonds. The Hall–Kier alpha value is -4.50. The van der Waals surface area contributed by atoms with E-state index in [0.29, 0.717) is 27.9 Å². The molecular weight excluding hydrogens is 564 g/mol. The third-order valence-electron chi connectivity index (χ3n) is 6.11. The molecule has 1 aliphatic rings. The van der Waals surface area contributed by atoms with Crippen LogP contribution in [0.3, 0.4) is 0 Å². The van der Waals surface area contributed by atoms with Crippen LogP contribution < -0.4 is 15.0 Å². The zero-order chi connectivity index (χ0) is 28.1. The Bertz CT molecular complexity index is 1490. The van der Waals surface area contributed by atoms with Gasteiger partial charge in [0.25, 0.3) is 11.8 Å². The van der Waals surface area contributed by atoms with Crippen molar-refractivity contribution in [3.8, 4) is 5.75 Å². The zero-order valence-corrected chi connectivity index (χ0v) is 22.7.